The molecule has 0 aliphatic rings. The van der Waals surface area contributed by atoms with Gasteiger partial charge in [-0.05, 0) is 18.2 Å². The fourth-order valence-electron chi connectivity index (χ4n) is 2.02. The molecule has 1 heterocycles. The number of aromatic nitrogens is 2. The Hall–Kier alpha value is -3.02. The average molecular weight is 283 g/mol. The van der Waals surface area contributed by atoms with Crippen LogP contribution in [0.25, 0.3) is 10.9 Å². The molecule has 3 aromatic rings. The molecule has 0 bridgehead atoms. The van der Waals surface area contributed by atoms with Gasteiger partial charge in [0.15, 0.2) is 0 Å². The Morgan fingerprint density at radius 1 is 1.10 bits per heavy atom. The minimum absolute atomic E-state index is 0.0358. The van der Waals surface area contributed by atoms with Crippen LogP contribution in [0.3, 0.4) is 0 Å². The molecule has 2 N–H and O–H groups in total. The average Bonchev–Trinajstić information content (AvgIpc) is 2.48. The van der Waals surface area contributed by atoms with E-state index in [1.54, 1.807) is 30.3 Å². The zero-order valence-electron chi connectivity index (χ0n) is 10.8. The number of hydrogen-bond acceptors (Lipinski definition) is 3. The van der Waals surface area contributed by atoms with Crippen molar-refractivity contribution in [2.75, 3.05) is 5.32 Å². The minimum atomic E-state index is -0.637. The second-order valence-corrected chi connectivity index (χ2v) is 4.37. The van der Waals surface area contributed by atoms with Crippen molar-refractivity contribution < 1.29 is 9.18 Å². The SMILES string of the molecule is O=C(Nc1ccccc1F)c1nc(=O)[nH]c2ccccc12. The third-order valence-electron chi connectivity index (χ3n) is 2.97. The van der Waals surface area contributed by atoms with Gasteiger partial charge in [-0.15, -0.1) is 0 Å². The zero-order chi connectivity index (χ0) is 14.8. The summed E-state index contributed by atoms with van der Waals surface area (Å²) in [7, 11) is 0. The molecule has 0 aliphatic carbocycles. The van der Waals surface area contributed by atoms with E-state index in [0.717, 1.165) is 0 Å². The maximum atomic E-state index is 13.6. The molecule has 6 heteroatoms. The van der Waals surface area contributed by atoms with Crippen LogP contribution in [0.15, 0.2) is 53.3 Å². The fraction of sp³-hybridized carbons (Fsp3) is 0. The van der Waals surface area contributed by atoms with E-state index in [9.17, 15) is 14.0 Å². The molecule has 5 nitrogen and oxygen atoms in total. The van der Waals surface area contributed by atoms with Gasteiger partial charge in [0.25, 0.3) is 5.91 Å². The van der Waals surface area contributed by atoms with E-state index < -0.39 is 17.4 Å². The van der Waals surface area contributed by atoms with Crippen molar-refractivity contribution >= 4 is 22.5 Å². The molecule has 104 valence electrons. The van der Waals surface area contributed by atoms with Gasteiger partial charge in [0.2, 0.25) is 0 Å². The van der Waals surface area contributed by atoms with E-state index in [1.165, 1.54) is 18.2 Å². The van der Waals surface area contributed by atoms with E-state index >= 15 is 0 Å². The summed E-state index contributed by atoms with van der Waals surface area (Å²) < 4.78 is 13.6. The summed E-state index contributed by atoms with van der Waals surface area (Å²) in [5.74, 6) is -1.19. The van der Waals surface area contributed by atoms with Gasteiger partial charge >= 0.3 is 5.69 Å². The standard InChI is InChI=1S/C15H10FN3O2/c16-10-6-2-4-8-12(10)17-14(20)13-9-5-1-3-7-11(9)18-15(21)19-13/h1-8H,(H,17,20)(H,18,19,21). The first-order chi connectivity index (χ1) is 10.1. The number of rotatable bonds is 2. The first kappa shape index (κ1) is 13.0. The van der Waals surface area contributed by atoms with Crippen LogP contribution in [0.5, 0.6) is 0 Å². The number of amides is 1. The molecule has 0 saturated heterocycles. The van der Waals surface area contributed by atoms with E-state index in [1.807, 2.05) is 0 Å². The third-order valence-corrected chi connectivity index (χ3v) is 2.97. The lowest BCUT2D eigenvalue weighted by Gasteiger charge is -2.07. The Balaban J connectivity index is 2.06. The lowest BCUT2D eigenvalue weighted by Crippen LogP contribution is -2.21. The largest absolute Gasteiger partial charge is 0.346 e. The topological polar surface area (TPSA) is 74.8 Å². The normalized spacial score (nSPS) is 10.5. The number of para-hydroxylation sites is 2. The molecular weight excluding hydrogens is 273 g/mol. The summed E-state index contributed by atoms with van der Waals surface area (Å²) in [6.07, 6.45) is 0. The van der Waals surface area contributed by atoms with Gasteiger partial charge in [0, 0.05) is 5.39 Å². The van der Waals surface area contributed by atoms with Gasteiger partial charge in [-0.25, -0.2) is 9.18 Å². The fourth-order valence-corrected chi connectivity index (χ4v) is 2.02. The summed E-state index contributed by atoms with van der Waals surface area (Å²) in [4.78, 5) is 30.0. The first-order valence-corrected chi connectivity index (χ1v) is 6.20. The van der Waals surface area contributed by atoms with E-state index in [4.69, 9.17) is 0 Å². The Morgan fingerprint density at radius 2 is 1.81 bits per heavy atom. The first-order valence-electron chi connectivity index (χ1n) is 6.20. The van der Waals surface area contributed by atoms with E-state index in [2.05, 4.69) is 15.3 Å². The minimum Gasteiger partial charge on any atom is -0.318 e. The molecule has 0 atom stereocenters. The molecular formula is C15H10FN3O2. The van der Waals surface area contributed by atoms with Gasteiger partial charge < -0.3 is 10.3 Å². The highest BCUT2D eigenvalue weighted by molar-refractivity contribution is 6.10. The Morgan fingerprint density at radius 3 is 2.62 bits per heavy atom. The Bertz CT molecular complexity index is 889. The smallest absolute Gasteiger partial charge is 0.318 e. The molecule has 0 radical (unpaired) electrons. The lowest BCUT2D eigenvalue weighted by molar-refractivity contribution is 0.102. The molecule has 0 unspecified atom stereocenters. The molecule has 2 aromatic carbocycles. The highest BCUT2D eigenvalue weighted by Gasteiger charge is 2.14. The van der Waals surface area contributed by atoms with Crippen LogP contribution < -0.4 is 11.0 Å². The van der Waals surface area contributed by atoms with Crippen LogP contribution in [0.4, 0.5) is 10.1 Å². The van der Waals surface area contributed by atoms with Crippen molar-refractivity contribution in [1.82, 2.24) is 9.97 Å². The monoisotopic (exact) mass is 283 g/mol. The molecule has 0 spiro atoms. The van der Waals surface area contributed by atoms with Gasteiger partial charge in [-0.2, -0.15) is 4.98 Å². The van der Waals surface area contributed by atoms with Crippen molar-refractivity contribution in [3.63, 3.8) is 0 Å². The van der Waals surface area contributed by atoms with E-state index in [0.29, 0.717) is 10.9 Å². The Kier molecular flexibility index (Phi) is 3.19. The van der Waals surface area contributed by atoms with Gasteiger partial charge in [0.1, 0.15) is 11.5 Å². The van der Waals surface area contributed by atoms with Crippen LogP contribution in [0.1, 0.15) is 10.5 Å². The van der Waals surface area contributed by atoms with Crippen molar-refractivity contribution in [2.45, 2.75) is 0 Å². The van der Waals surface area contributed by atoms with Crippen molar-refractivity contribution in [1.29, 1.82) is 0 Å². The lowest BCUT2D eigenvalue weighted by atomic mass is 10.1. The summed E-state index contributed by atoms with van der Waals surface area (Å²) in [6, 6.07) is 12.6. The van der Waals surface area contributed by atoms with Crippen molar-refractivity contribution in [3.05, 3.63) is 70.5 Å². The number of carbonyl (C=O) groups excluding carboxylic acids is 1. The number of halogens is 1. The van der Waals surface area contributed by atoms with Gasteiger partial charge in [-0.3, -0.25) is 4.79 Å². The number of carbonyl (C=O) groups is 1. The third kappa shape index (κ3) is 2.51. The van der Waals surface area contributed by atoms with Crippen LogP contribution in [0, 0.1) is 5.82 Å². The summed E-state index contributed by atoms with van der Waals surface area (Å²) in [5.41, 5.74) is -0.144. The van der Waals surface area contributed by atoms with E-state index in [-0.39, 0.29) is 11.4 Å². The van der Waals surface area contributed by atoms with Crippen molar-refractivity contribution in [2.24, 2.45) is 0 Å². The quantitative estimate of drug-likeness (QED) is 0.758. The van der Waals surface area contributed by atoms with Crippen LogP contribution in [0.2, 0.25) is 0 Å². The summed E-state index contributed by atoms with van der Waals surface area (Å²) in [6.45, 7) is 0. The summed E-state index contributed by atoms with van der Waals surface area (Å²) in [5, 5.41) is 2.91. The van der Waals surface area contributed by atoms with Crippen molar-refractivity contribution in [3.8, 4) is 0 Å². The number of nitrogens with zero attached hydrogens (tertiary/aromatic N) is 1. The molecule has 0 aliphatic heterocycles. The molecule has 1 aromatic heterocycles. The van der Waals surface area contributed by atoms with Crippen LogP contribution in [-0.4, -0.2) is 15.9 Å². The number of hydrogen-bond donors (Lipinski definition) is 2. The van der Waals surface area contributed by atoms with Crippen LogP contribution in [-0.2, 0) is 0 Å². The molecule has 1 amide bonds. The molecule has 0 fully saturated rings. The Labute approximate surface area is 118 Å². The predicted octanol–water partition coefficient (Wildman–Crippen LogP) is 2.31. The highest BCUT2D eigenvalue weighted by atomic mass is 19.1. The molecule has 3 rings (SSSR count). The predicted molar refractivity (Wildman–Crippen MR) is 76.7 cm³/mol. The molecule has 0 saturated carbocycles. The second-order valence-electron chi connectivity index (χ2n) is 4.37. The van der Waals surface area contributed by atoms with Gasteiger partial charge in [0.05, 0.1) is 11.2 Å². The summed E-state index contributed by atoms with van der Waals surface area (Å²) >= 11 is 0. The highest BCUT2D eigenvalue weighted by Crippen LogP contribution is 2.17. The number of anilines is 1. The van der Waals surface area contributed by atoms with Crippen LogP contribution >= 0.6 is 0 Å². The maximum Gasteiger partial charge on any atom is 0.346 e. The maximum absolute atomic E-state index is 13.6. The van der Waals surface area contributed by atoms with Gasteiger partial charge in [-0.1, -0.05) is 30.3 Å². The number of H-pyrrole nitrogens is 1. The number of nitrogens with one attached hydrogen (secondary N) is 2. The number of fused-ring (bicyclic) bond motifs is 1. The number of aromatic amines is 1. The zero-order valence-corrected chi connectivity index (χ0v) is 10.8. The molecule has 21 heavy (non-hydrogen) atoms. The second kappa shape index (κ2) is 5.16. The number of benzene rings is 2.